The van der Waals surface area contributed by atoms with Crippen molar-refractivity contribution in [3.63, 3.8) is 0 Å². The summed E-state index contributed by atoms with van der Waals surface area (Å²) in [5.41, 5.74) is 8.95. The molecule has 0 fully saturated rings. The number of furan rings is 1. The molecule has 0 radical (unpaired) electrons. The summed E-state index contributed by atoms with van der Waals surface area (Å²) in [4.78, 5) is 0. The number of aryl methyl sites for hydroxylation is 2. The molecule has 0 bridgehead atoms. The van der Waals surface area contributed by atoms with Gasteiger partial charge in [-0.3, -0.25) is 0 Å². The maximum atomic E-state index is 15.4. The highest BCUT2D eigenvalue weighted by molar-refractivity contribution is 6.13. The topological polar surface area (TPSA) is 40.8 Å². The molecule has 0 saturated carbocycles. The first-order chi connectivity index (χ1) is 19.2. The lowest BCUT2D eigenvalue weighted by atomic mass is 9.87. The van der Waals surface area contributed by atoms with Gasteiger partial charge in [-0.2, -0.15) is 5.26 Å². The molecule has 6 aromatic rings. The summed E-state index contributed by atoms with van der Waals surface area (Å²) in [6.07, 6.45) is 1.87. The predicted octanol–water partition coefficient (Wildman–Crippen LogP) is 9.03. The number of nitrogens with zero attached hydrogens (tertiary/aromatic N) is 2. The van der Waals surface area contributed by atoms with Gasteiger partial charge in [-0.1, -0.05) is 87.5 Å². The van der Waals surface area contributed by atoms with Crippen LogP contribution in [0.4, 0.5) is 4.39 Å². The third-order valence-electron chi connectivity index (χ3n) is 7.67. The summed E-state index contributed by atoms with van der Waals surface area (Å²) in [6.45, 7) is 8.05. The van der Waals surface area contributed by atoms with Gasteiger partial charge in [0.25, 0.3) is 0 Å². The van der Waals surface area contributed by atoms with Crippen molar-refractivity contribution in [1.29, 1.82) is 5.26 Å². The van der Waals surface area contributed by atoms with E-state index in [-0.39, 0.29) is 11.2 Å². The first-order valence-electron chi connectivity index (χ1n) is 13.4. The van der Waals surface area contributed by atoms with Crippen molar-refractivity contribution in [3.05, 3.63) is 114 Å². The minimum atomic E-state index is -0.320. The number of nitriles is 1. The van der Waals surface area contributed by atoms with Crippen molar-refractivity contribution in [3.8, 4) is 39.6 Å². The number of hydrogen-bond donors (Lipinski definition) is 0. The van der Waals surface area contributed by atoms with E-state index in [9.17, 15) is 5.26 Å². The Morgan fingerprint density at radius 2 is 1.48 bits per heavy atom. The summed E-state index contributed by atoms with van der Waals surface area (Å²) < 4.78 is 24.0. The molecule has 4 aromatic carbocycles. The Hall–Kier alpha value is -4.75. The second-order valence-corrected chi connectivity index (χ2v) is 11.5. The van der Waals surface area contributed by atoms with E-state index in [4.69, 9.17) is 4.42 Å². The monoisotopic (exact) mass is 525 g/mol. The molecule has 196 valence electrons. The fraction of sp³-hybridized carbons (Fsp3) is 0.167. The number of pyridine rings is 1. The molecule has 0 aliphatic carbocycles. The highest BCUT2D eigenvalue weighted by atomic mass is 19.1. The standard InChI is InChI=1S/C36H30FN2O/c1-22-11-16-27-29-18-23(20-38)17-28(26-14-12-25(13-15-26)24-9-7-6-8-10-24)34(29)40-35(27)33(22)32-19-31(37)30(21-39(32)5)36(2,3)4/h6-19,21H,1-5H3/q+1. The van der Waals surface area contributed by atoms with E-state index in [0.717, 1.165) is 49.8 Å². The zero-order valence-corrected chi connectivity index (χ0v) is 23.3. The molecular formula is C36H30FN2O+. The van der Waals surface area contributed by atoms with E-state index < -0.39 is 0 Å². The fourth-order valence-electron chi connectivity index (χ4n) is 5.54. The zero-order chi connectivity index (χ0) is 28.2. The highest BCUT2D eigenvalue weighted by Crippen LogP contribution is 2.42. The van der Waals surface area contributed by atoms with Gasteiger partial charge in [0.15, 0.2) is 6.20 Å². The minimum Gasteiger partial charge on any atom is -0.454 e. The third-order valence-corrected chi connectivity index (χ3v) is 7.67. The molecular weight excluding hydrogens is 495 g/mol. The fourth-order valence-corrected chi connectivity index (χ4v) is 5.54. The van der Waals surface area contributed by atoms with E-state index in [1.807, 2.05) is 88.0 Å². The summed E-state index contributed by atoms with van der Waals surface area (Å²) in [5, 5.41) is 11.6. The van der Waals surface area contributed by atoms with Crippen LogP contribution in [-0.2, 0) is 12.5 Å². The number of halogens is 1. The van der Waals surface area contributed by atoms with Crippen LogP contribution in [0.25, 0.3) is 55.4 Å². The first kappa shape index (κ1) is 25.5. The molecule has 0 N–H and O–H groups in total. The third kappa shape index (κ3) is 4.25. The molecule has 0 aliphatic rings. The van der Waals surface area contributed by atoms with Gasteiger partial charge in [-0.15, -0.1) is 0 Å². The SMILES string of the molecule is Cc1ccc2c(oc3c(-c4ccc(-c5ccccc5)cc4)cc(C#N)cc32)c1-c1cc(F)c(C(C)(C)C)c[n+]1C. The summed E-state index contributed by atoms with van der Waals surface area (Å²) >= 11 is 0. The molecule has 6 rings (SSSR count). The lowest BCUT2D eigenvalue weighted by Gasteiger charge is -2.18. The van der Waals surface area contributed by atoms with Crippen molar-refractivity contribution in [2.75, 3.05) is 0 Å². The van der Waals surface area contributed by atoms with E-state index in [2.05, 4.69) is 42.5 Å². The Kier molecular flexibility index (Phi) is 6.04. The van der Waals surface area contributed by atoms with Crippen molar-refractivity contribution in [2.45, 2.75) is 33.1 Å². The van der Waals surface area contributed by atoms with Gasteiger partial charge in [0, 0.05) is 22.4 Å². The van der Waals surface area contributed by atoms with Crippen molar-refractivity contribution < 1.29 is 13.4 Å². The van der Waals surface area contributed by atoms with Gasteiger partial charge < -0.3 is 4.42 Å². The quantitative estimate of drug-likeness (QED) is 0.216. The number of hydrogen-bond acceptors (Lipinski definition) is 2. The Labute approximate surface area is 233 Å². The van der Waals surface area contributed by atoms with Crippen molar-refractivity contribution >= 4 is 21.9 Å². The Balaban J connectivity index is 1.59. The summed E-state index contributed by atoms with van der Waals surface area (Å²) in [6, 6.07) is 30.3. The molecule has 2 heterocycles. The van der Waals surface area contributed by atoms with Crippen LogP contribution in [0.3, 0.4) is 0 Å². The minimum absolute atomic E-state index is 0.237. The number of rotatable bonds is 3. The van der Waals surface area contributed by atoms with Crippen molar-refractivity contribution in [2.24, 2.45) is 7.05 Å². The molecule has 0 amide bonds. The predicted molar refractivity (Wildman–Crippen MR) is 159 cm³/mol. The lowest BCUT2D eigenvalue weighted by Crippen LogP contribution is -2.34. The molecule has 4 heteroatoms. The first-order valence-corrected chi connectivity index (χ1v) is 13.4. The maximum absolute atomic E-state index is 15.4. The van der Waals surface area contributed by atoms with Crippen LogP contribution in [0.1, 0.15) is 37.5 Å². The molecule has 0 atom stereocenters. The molecule has 0 spiro atoms. The number of aromatic nitrogens is 1. The normalized spacial score (nSPS) is 11.7. The van der Waals surface area contributed by atoms with Crippen LogP contribution in [0.15, 0.2) is 95.5 Å². The van der Waals surface area contributed by atoms with Crippen LogP contribution in [0.2, 0.25) is 0 Å². The van der Waals surface area contributed by atoms with E-state index in [0.29, 0.717) is 22.3 Å². The number of fused-ring (bicyclic) bond motifs is 3. The molecule has 40 heavy (non-hydrogen) atoms. The maximum Gasteiger partial charge on any atom is 0.219 e. The smallest absolute Gasteiger partial charge is 0.219 e. The van der Waals surface area contributed by atoms with Crippen LogP contribution in [0, 0.1) is 24.1 Å². The van der Waals surface area contributed by atoms with Gasteiger partial charge in [0.1, 0.15) is 24.0 Å². The summed E-state index contributed by atoms with van der Waals surface area (Å²) in [5.74, 6) is -0.237. The van der Waals surface area contributed by atoms with Gasteiger partial charge in [-0.25, -0.2) is 8.96 Å². The molecule has 0 unspecified atom stereocenters. The second-order valence-electron chi connectivity index (χ2n) is 11.5. The molecule has 2 aromatic heterocycles. The zero-order valence-electron chi connectivity index (χ0n) is 23.3. The van der Waals surface area contributed by atoms with Crippen molar-refractivity contribution in [1.82, 2.24) is 0 Å². The van der Waals surface area contributed by atoms with E-state index in [1.165, 1.54) is 0 Å². The average Bonchev–Trinajstić information content (AvgIpc) is 3.32. The Bertz CT molecular complexity index is 1950. The number of benzene rings is 4. The van der Waals surface area contributed by atoms with Gasteiger partial charge in [0.05, 0.1) is 22.8 Å². The van der Waals surface area contributed by atoms with Crippen LogP contribution < -0.4 is 4.57 Å². The van der Waals surface area contributed by atoms with Crippen LogP contribution in [-0.4, -0.2) is 0 Å². The highest BCUT2D eigenvalue weighted by Gasteiger charge is 2.28. The van der Waals surface area contributed by atoms with Gasteiger partial charge in [-0.05, 0) is 46.7 Å². The Morgan fingerprint density at radius 3 is 2.15 bits per heavy atom. The van der Waals surface area contributed by atoms with Crippen LogP contribution in [0.5, 0.6) is 0 Å². The molecule has 0 aliphatic heterocycles. The summed E-state index contributed by atoms with van der Waals surface area (Å²) in [7, 11) is 1.94. The second kappa shape index (κ2) is 9.47. The average molecular weight is 526 g/mol. The molecule has 0 saturated heterocycles. The van der Waals surface area contributed by atoms with Gasteiger partial charge >= 0.3 is 0 Å². The van der Waals surface area contributed by atoms with E-state index in [1.54, 1.807) is 6.07 Å². The largest absolute Gasteiger partial charge is 0.454 e. The van der Waals surface area contributed by atoms with Gasteiger partial charge in [0.2, 0.25) is 5.69 Å². The lowest BCUT2D eigenvalue weighted by molar-refractivity contribution is -0.661. The Morgan fingerprint density at radius 1 is 0.800 bits per heavy atom. The molecule has 3 nitrogen and oxygen atoms in total. The van der Waals surface area contributed by atoms with E-state index >= 15 is 4.39 Å². The van der Waals surface area contributed by atoms with Crippen LogP contribution >= 0.6 is 0 Å².